The number of nitro groups is 1. The highest BCUT2D eigenvalue weighted by Gasteiger charge is 2.22. The first kappa shape index (κ1) is 22.4. The number of amides is 1. The predicted octanol–water partition coefficient (Wildman–Crippen LogP) is 3.70. The van der Waals surface area contributed by atoms with E-state index in [4.69, 9.17) is 0 Å². The molecule has 0 aliphatic rings. The maximum absolute atomic E-state index is 12.3. The van der Waals surface area contributed by atoms with Crippen molar-refractivity contribution in [1.82, 2.24) is 0 Å². The Bertz CT molecular complexity index is 1030. The Labute approximate surface area is 170 Å². The average molecular weight is 420 g/mol. The third-order valence-corrected chi connectivity index (χ3v) is 5.90. The van der Waals surface area contributed by atoms with Gasteiger partial charge < -0.3 is 5.32 Å². The van der Waals surface area contributed by atoms with Gasteiger partial charge >= 0.3 is 0 Å². The van der Waals surface area contributed by atoms with Gasteiger partial charge in [0.2, 0.25) is 15.9 Å². The molecule has 29 heavy (non-hydrogen) atoms. The number of hydrogen-bond donors (Lipinski definition) is 1. The number of rotatable bonds is 8. The van der Waals surface area contributed by atoms with Crippen LogP contribution in [0.25, 0.3) is 0 Å². The molecule has 0 bridgehead atoms. The monoisotopic (exact) mass is 419 g/mol. The van der Waals surface area contributed by atoms with E-state index in [0.29, 0.717) is 5.56 Å². The highest BCUT2D eigenvalue weighted by Crippen LogP contribution is 2.28. The highest BCUT2D eigenvalue weighted by molar-refractivity contribution is 7.92. The topological polar surface area (TPSA) is 110 Å². The van der Waals surface area contributed by atoms with Crippen molar-refractivity contribution in [3.05, 3.63) is 63.2 Å². The average Bonchev–Trinajstić information content (AvgIpc) is 2.62. The second kappa shape index (κ2) is 9.04. The number of nitrogens with one attached hydrogen (secondary N) is 1. The van der Waals surface area contributed by atoms with Crippen LogP contribution in [0.1, 0.15) is 29.5 Å². The summed E-state index contributed by atoms with van der Waals surface area (Å²) in [6.45, 7) is 5.60. The molecule has 0 unspecified atom stereocenters. The van der Waals surface area contributed by atoms with Gasteiger partial charge in [0.25, 0.3) is 5.69 Å². The molecule has 1 N–H and O–H groups in total. The van der Waals surface area contributed by atoms with Crippen LogP contribution in [0, 0.1) is 30.9 Å². The fourth-order valence-electron chi connectivity index (χ4n) is 2.93. The summed E-state index contributed by atoms with van der Waals surface area (Å²) < 4.78 is 25.7. The van der Waals surface area contributed by atoms with Crippen molar-refractivity contribution in [3.63, 3.8) is 0 Å². The lowest BCUT2D eigenvalue weighted by Crippen LogP contribution is -2.32. The molecule has 2 aromatic carbocycles. The molecule has 0 radical (unpaired) electrons. The van der Waals surface area contributed by atoms with Gasteiger partial charge in [0, 0.05) is 30.8 Å². The summed E-state index contributed by atoms with van der Waals surface area (Å²) in [4.78, 5) is 22.8. The van der Waals surface area contributed by atoms with Crippen LogP contribution >= 0.6 is 0 Å². The van der Waals surface area contributed by atoms with Gasteiger partial charge in [0.05, 0.1) is 16.9 Å². The van der Waals surface area contributed by atoms with E-state index >= 15 is 0 Å². The summed E-state index contributed by atoms with van der Waals surface area (Å²) in [6, 6.07) is 9.71. The van der Waals surface area contributed by atoms with E-state index in [1.165, 1.54) is 18.2 Å². The van der Waals surface area contributed by atoms with E-state index in [1.54, 1.807) is 6.92 Å². The summed E-state index contributed by atoms with van der Waals surface area (Å²) >= 11 is 0. The molecule has 0 aliphatic carbocycles. The minimum atomic E-state index is -3.67. The number of sulfonamides is 1. The Morgan fingerprint density at radius 1 is 1.14 bits per heavy atom. The van der Waals surface area contributed by atoms with Crippen LogP contribution in [0.2, 0.25) is 0 Å². The maximum Gasteiger partial charge on any atom is 0.271 e. The first-order valence-electron chi connectivity index (χ1n) is 9.09. The van der Waals surface area contributed by atoms with Gasteiger partial charge in [-0.2, -0.15) is 0 Å². The summed E-state index contributed by atoms with van der Waals surface area (Å²) in [5.41, 5.74) is 3.42. The quantitative estimate of drug-likeness (QED) is 0.518. The van der Waals surface area contributed by atoms with Crippen molar-refractivity contribution < 1.29 is 18.1 Å². The van der Waals surface area contributed by atoms with Gasteiger partial charge in [-0.05, 0) is 49.9 Å². The van der Waals surface area contributed by atoms with Crippen molar-refractivity contribution in [2.45, 2.75) is 33.6 Å². The molecule has 0 heterocycles. The lowest BCUT2D eigenvalue weighted by molar-refractivity contribution is -0.384. The zero-order valence-electron chi connectivity index (χ0n) is 16.9. The lowest BCUT2D eigenvalue weighted by Gasteiger charge is -2.24. The molecule has 9 heteroatoms. The third kappa shape index (κ3) is 5.77. The second-order valence-corrected chi connectivity index (χ2v) is 8.87. The molecule has 0 saturated heterocycles. The highest BCUT2D eigenvalue weighted by atomic mass is 32.2. The Morgan fingerprint density at radius 3 is 2.45 bits per heavy atom. The zero-order valence-corrected chi connectivity index (χ0v) is 17.7. The van der Waals surface area contributed by atoms with Gasteiger partial charge in [-0.3, -0.25) is 19.2 Å². The van der Waals surface area contributed by atoms with Gasteiger partial charge in [0.15, 0.2) is 0 Å². The number of anilines is 2. The Hall–Kier alpha value is -2.94. The largest absolute Gasteiger partial charge is 0.326 e. The normalized spacial score (nSPS) is 11.2. The summed E-state index contributed by atoms with van der Waals surface area (Å²) in [7, 11) is -3.67. The first-order valence-corrected chi connectivity index (χ1v) is 10.9. The summed E-state index contributed by atoms with van der Waals surface area (Å²) in [6.07, 6.45) is 1.43. The second-order valence-electron chi connectivity index (χ2n) is 6.96. The van der Waals surface area contributed by atoms with Crippen LogP contribution in [-0.4, -0.2) is 32.0 Å². The van der Waals surface area contributed by atoms with Crippen LogP contribution < -0.4 is 9.62 Å². The smallest absolute Gasteiger partial charge is 0.271 e. The third-order valence-electron chi connectivity index (χ3n) is 4.72. The van der Waals surface area contributed by atoms with E-state index in [9.17, 15) is 23.3 Å². The molecule has 8 nitrogen and oxygen atoms in total. The van der Waals surface area contributed by atoms with Gasteiger partial charge in [-0.25, -0.2) is 8.42 Å². The number of hydrogen-bond acceptors (Lipinski definition) is 5. The van der Waals surface area contributed by atoms with Crippen molar-refractivity contribution in [3.8, 4) is 0 Å². The van der Waals surface area contributed by atoms with E-state index in [-0.39, 0.29) is 36.7 Å². The summed E-state index contributed by atoms with van der Waals surface area (Å²) in [5.74, 6) is -0.220. The van der Waals surface area contributed by atoms with Crippen LogP contribution in [-0.2, 0) is 14.8 Å². The van der Waals surface area contributed by atoms with Crippen molar-refractivity contribution in [2.24, 2.45) is 0 Å². The predicted molar refractivity (Wildman–Crippen MR) is 114 cm³/mol. The number of non-ortho nitro benzene ring substituents is 1. The fourth-order valence-corrected chi connectivity index (χ4v) is 3.94. The van der Waals surface area contributed by atoms with Crippen LogP contribution in [0.4, 0.5) is 17.1 Å². The van der Waals surface area contributed by atoms with Gasteiger partial charge in [0.1, 0.15) is 0 Å². The molecule has 0 fully saturated rings. The van der Waals surface area contributed by atoms with Crippen molar-refractivity contribution in [2.75, 3.05) is 22.4 Å². The SMILES string of the molecule is Cc1ccc([N+](=O)[O-])cc1N(CCCC(=O)Nc1cccc(C)c1C)S(C)(=O)=O. The Morgan fingerprint density at radius 2 is 1.83 bits per heavy atom. The number of benzene rings is 2. The lowest BCUT2D eigenvalue weighted by atomic mass is 10.1. The van der Waals surface area contributed by atoms with E-state index in [1.807, 2.05) is 32.0 Å². The molecule has 0 atom stereocenters. The Balaban J connectivity index is 2.11. The van der Waals surface area contributed by atoms with Gasteiger partial charge in [-0.15, -0.1) is 0 Å². The van der Waals surface area contributed by atoms with Gasteiger partial charge in [-0.1, -0.05) is 18.2 Å². The molecular formula is C20H25N3O5S. The minimum Gasteiger partial charge on any atom is -0.326 e. The number of aryl methyl sites for hydroxylation is 2. The molecule has 0 saturated carbocycles. The minimum absolute atomic E-state index is 0.0427. The van der Waals surface area contributed by atoms with Crippen LogP contribution in [0.3, 0.4) is 0 Å². The molecular weight excluding hydrogens is 394 g/mol. The van der Waals surface area contributed by atoms with Crippen molar-refractivity contribution >= 4 is 33.0 Å². The van der Waals surface area contributed by atoms with E-state index in [0.717, 1.165) is 27.4 Å². The van der Waals surface area contributed by atoms with Crippen LogP contribution in [0.15, 0.2) is 36.4 Å². The van der Waals surface area contributed by atoms with Crippen LogP contribution in [0.5, 0.6) is 0 Å². The van der Waals surface area contributed by atoms with E-state index < -0.39 is 14.9 Å². The maximum atomic E-state index is 12.3. The molecule has 2 aromatic rings. The zero-order chi connectivity index (χ0) is 21.8. The number of nitro benzene ring substituents is 1. The number of carbonyl (C=O) groups is 1. The molecule has 0 aromatic heterocycles. The summed E-state index contributed by atoms with van der Waals surface area (Å²) in [5, 5.41) is 13.9. The number of nitrogens with zero attached hydrogens (tertiary/aromatic N) is 2. The molecule has 0 aliphatic heterocycles. The molecule has 2 rings (SSSR count). The number of carbonyl (C=O) groups excluding carboxylic acids is 1. The first-order chi connectivity index (χ1) is 13.5. The standard InChI is InChI=1S/C20H25N3O5S/c1-14-7-5-8-18(16(14)3)21-20(24)9-6-12-22(29(4,27)28)19-13-17(23(25)26)11-10-15(19)2/h5,7-8,10-11,13H,6,9,12H2,1-4H3,(H,21,24). The Kier molecular flexibility index (Phi) is 6.97. The van der Waals surface area contributed by atoms with E-state index in [2.05, 4.69) is 5.32 Å². The molecule has 156 valence electrons. The molecule has 1 amide bonds. The van der Waals surface area contributed by atoms with Crippen molar-refractivity contribution in [1.29, 1.82) is 0 Å². The fraction of sp³-hybridized carbons (Fsp3) is 0.350. The molecule has 0 spiro atoms.